The first kappa shape index (κ1) is 17.0. The molecule has 0 radical (unpaired) electrons. The molecule has 0 rings (SSSR count). The van der Waals surface area contributed by atoms with Crippen molar-refractivity contribution in [3.63, 3.8) is 0 Å². The maximum absolute atomic E-state index is 11.3. The van der Waals surface area contributed by atoms with Crippen LogP contribution in [-0.2, 0) is 19.1 Å². The lowest BCUT2D eigenvalue weighted by atomic mass is 10.2. The zero-order valence-electron chi connectivity index (χ0n) is 10.6. The van der Waals surface area contributed by atoms with Gasteiger partial charge in [-0.1, -0.05) is 0 Å². The molecule has 5 N–H and O–H groups in total. The van der Waals surface area contributed by atoms with E-state index in [0.29, 0.717) is 52.2 Å². The average Bonchev–Trinajstić information content (AvgIpc) is 2.39. The van der Waals surface area contributed by atoms with Gasteiger partial charge in [-0.25, -0.2) is 0 Å². The SMILES string of the molecule is NCCOCCOCCNC(=O)CCC(N)C=O. The van der Waals surface area contributed by atoms with Gasteiger partial charge in [-0.15, -0.1) is 0 Å². The third-order valence-electron chi connectivity index (χ3n) is 2.08. The van der Waals surface area contributed by atoms with Crippen LogP contribution in [-0.4, -0.2) is 57.8 Å². The highest BCUT2D eigenvalue weighted by Crippen LogP contribution is 1.91. The molecule has 0 aromatic rings. The molecule has 7 heteroatoms. The molecule has 0 aromatic carbocycles. The molecule has 0 aliphatic carbocycles. The monoisotopic (exact) mass is 261 g/mol. The summed E-state index contributed by atoms with van der Waals surface area (Å²) in [7, 11) is 0. The summed E-state index contributed by atoms with van der Waals surface area (Å²) in [6.45, 7) is 2.87. The van der Waals surface area contributed by atoms with Crippen molar-refractivity contribution >= 4 is 12.2 Å². The third kappa shape index (κ3) is 11.5. The van der Waals surface area contributed by atoms with Gasteiger partial charge in [0, 0.05) is 19.5 Å². The highest BCUT2D eigenvalue weighted by molar-refractivity contribution is 5.76. The molecule has 0 saturated carbocycles. The summed E-state index contributed by atoms with van der Waals surface area (Å²) in [6.07, 6.45) is 1.25. The maximum atomic E-state index is 11.3. The summed E-state index contributed by atoms with van der Waals surface area (Å²) >= 11 is 0. The molecule has 7 nitrogen and oxygen atoms in total. The van der Waals surface area contributed by atoms with Gasteiger partial charge >= 0.3 is 0 Å². The van der Waals surface area contributed by atoms with E-state index in [-0.39, 0.29) is 12.3 Å². The number of rotatable bonds is 12. The van der Waals surface area contributed by atoms with Crippen LogP contribution in [0.25, 0.3) is 0 Å². The Hall–Kier alpha value is -1.02. The van der Waals surface area contributed by atoms with Gasteiger partial charge in [0.1, 0.15) is 6.29 Å². The minimum Gasteiger partial charge on any atom is -0.378 e. The lowest BCUT2D eigenvalue weighted by Gasteiger charge is -2.07. The van der Waals surface area contributed by atoms with Gasteiger partial charge in [0.2, 0.25) is 5.91 Å². The van der Waals surface area contributed by atoms with Crippen molar-refractivity contribution < 1.29 is 19.1 Å². The smallest absolute Gasteiger partial charge is 0.220 e. The first-order chi connectivity index (χ1) is 8.70. The summed E-state index contributed by atoms with van der Waals surface area (Å²) in [5.74, 6) is -0.129. The standard InChI is InChI=1S/C11H23N3O4/c12-3-5-17-7-8-18-6-4-14-11(16)2-1-10(13)9-15/h9-10H,1-8,12-13H2,(H,14,16). The Bertz CT molecular complexity index is 226. The minimum absolute atomic E-state index is 0.129. The Balaban J connectivity index is 3.22. The second-order valence-corrected chi connectivity index (χ2v) is 3.70. The molecular weight excluding hydrogens is 238 g/mol. The van der Waals surface area contributed by atoms with Gasteiger partial charge in [-0.2, -0.15) is 0 Å². The zero-order valence-corrected chi connectivity index (χ0v) is 10.6. The molecule has 0 aliphatic rings. The normalized spacial score (nSPS) is 12.1. The molecule has 0 spiro atoms. The van der Waals surface area contributed by atoms with Crippen LogP contribution in [0.15, 0.2) is 0 Å². The summed E-state index contributed by atoms with van der Waals surface area (Å²) in [5.41, 5.74) is 10.6. The largest absolute Gasteiger partial charge is 0.378 e. The number of hydrogen-bond donors (Lipinski definition) is 3. The van der Waals surface area contributed by atoms with E-state index in [1.807, 2.05) is 0 Å². The summed E-state index contributed by atoms with van der Waals surface area (Å²) in [5, 5.41) is 2.67. The molecule has 1 amide bonds. The predicted molar refractivity (Wildman–Crippen MR) is 67.0 cm³/mol. The Morgan fingerprint density at radius 1 is 1.22 bits per heavy atom. The van der Waals surface area contributed by atoms with E-state index in [1.165, 1.54) is 0 Å². The molecule has 18 heavy (non-hydrogen) atoms. The van der Waals surface area contributed by atoms with Crippen LogP contribution in [0.1, 0.15) is 12.8 Å². The van der Waals surface area contributed by atoms with Crippen molar-refractivity contribution in [3.05, 3.63) is 0 Å². The third-order valence-corrected chi connectivity index (χ3v) is 2.08. The van der Waals surface area contributed by atoms with E-state index in [1.54, 1.807) is 0 Å². The number of carbonyl (C=O) groups is 2. The number of carbonyl (C=O) groups excluding carboxylic acids is 2. The Morgan fingerprint density at radius 2 is 1.89 bits per heavy atom. The summed E-state index contributed by atoms with van der Waals surface area (Å²) in [4.78, 5) is 21.5. The number of nitrogens with one attached hydrogen (secondary N) is 1. The van der Waals surface area contributed by atoms with Crippen molar-refractivity contribution in [2.24, 2.45) is 11.5 Å². The maximum Gasteiger partial charge on any atom is 0.220 e. The molecular formula is C11H23N3O4. The van der Waals surface area contributed by atoms with Gasteiger partial charge in [0.15, 0.2) is 0 Å². The number of aldehydes is 1. The summed E-state index contributed by atoms with van der Waals surface area (Å²) in [6, 6.07) is -0.563. The van der Waals surface area contributed by atoms with Crippen LogP contribution >= 0.6 is 0 Å². The van der Waals surface area contributed by atoms with Crippen molar-refractivity contribution in [2.75, 3.05) is 39.5 Å². The Labute approximate surface area is 107 Å². The van der Waals surface area contributed by atoms with E-state index in [4.69, 9.17) is 20.9 Å². The fourth-order valence-electron chi connectivity index (χ4n) is 1.12. The topological polar surface area (TPSA) is 117 Å². The van der Waals surface area contributed by atoms with E-state index in [0.717, 1.165) is 0 Å². The second-order valence-electron chi connectivity index (χ2n) is 3.70. The molecule has 0 aliphatic heterocycles. The van der Waals surface area contributed by atoms with E-state index in [9.17, 15) is 9.59 Å². The van der Waals surface area contributed by atoms with Gasteiger partial charge in [0.05, 0.1) is 32.5 Å². The molecule has 106 valence electrons. The second kappa shape index (κ2) is 12.4. The Kier molecular flexibility index (Phi) is 11.7. The average molecular weight is 261 g/mol. The minimum atomic E-state index is -0.563. The van der Waals surface area contributed by atoms with Crippen molar-refractivity contribution in [1.82, 2.24) is 5.32 Å². The van der Waals surface area contributed by atoms with Crippen LogP contribution < -0.4 is 16.8 Å². The molecule has 0 saturated heterocycles. The zero-order chi connectivity index (χ0) is 13.6. The molecule has 0 heterocycles. The molecule has 1 atom stereocenters. The van der Waals surface area contributed by atoms with Crippen molar-refractivity contribution in [3.8, 4) is 0 Å². The number of hydrogen-bond acceptors (Lipinski definition) is 6. The molecule has 0 aromatic heterocycles. The highest BCUT2D eigenvalue weighted by Gasteiger charge is 2.05. The fourth-order valence-corrected chi connectivity index (χ4v) is 1.12. The highest BCUT2D eigenvalue weighted by atomic mass is 16.5. The first-order valence-corrected chi connectivity index (χ1v) is 6.03. The van der Waals surface area contributed by atoms with Gasteiger partial charge in [-0.3, -0.25) is 4.79 Å². The lowest BCUT2D eigenvalue weighted by molar-refractivity contribution is -0.121. The first-order valence-electron chi connectivity index (χ1n) is 6.03. The van der Waals surface area contributed by atoms with Gasteiger partial charge < -0.3 is 31.1 Å². The van der Waals surface area contributed by atoms with Crippen molar-refractivity contribution in [1.29, 1.82) is 0 Å². The van der Waals surface area contributed by atoms with Crippen molar-refractivity contribution in [2.45, 2.75) is 18.9 Å². The van der Waals surface area contributed by atoms with Crippen LogP contribution in [0.4, 0.5) is 0 Å². The van der Waals surface area contributed by atoms with Gasteiger partial charge in [0.25, 0.3) is 0 Å². The van der Waals surface area contributed by atoms with Crippen LogP contribution in [0.2, 0.25) is 0 Å². The fraction of sp³-hybridized carbons (Fsp3) is 0.818. The summed E-state index contributed by atoms with van der Waals surface area (Å²) < 4.78 is 10.3. The van der Waals surface area contributed by atoms with Crippen LogP contribution in [0.3, 0.4) is 0 Å². The number of nitrogens with two attached hydrogens (primary N) is 2. The number of ether oxygens (including phenoxy) is 2. The Morgan fingerprint density at radius 3 is 2.50 bits per heavy atom. The lowest BCUT2D eigenvalue weighted by Crippen LogP contribution is -2.30. The predicted octanol–water partition coefficient (Wildman–Crippen LogP) is -1.60. The molecule has 0 bridgehead atoms. The van der Waals surface area contributed by atoms with E-state index in [2.05, 4.69) is 5.32 Å². The van der Waals surface area contributed by atoms with Crippen LogP contribution in [0, 0.1) is 0 Å². The van der Waals surface area contributed by atoms with E-state index >= 15 is 0 Å². The molecule has 1 unspecified atom stereocenters. The quantitative estimate of drug-likeness (QED) is 0.288. The molecule has 0 fully saturated rings. The van der Waals surface area contributed by atoms with Crippen LogP contribution in [0.5, 0.6) is 0 Å². The number of amides is 1. The van der Waals surface area contributed by atoms with E-state index < -0.39 is 6.04 Å². The van der Waals surface area contributed by atoms with Gasteiger partial charge in [-0.05, 0) is 6.42 Å².